The van der Waals surface area contributed by atoms with Gasteiger partial charge >= 0.3 is 5.69 Å². The number of nitrogens with one attached hydrogen (secondary N) is 1. The van der Waals surface area contributed by atoms with Gasteiger partial charge in [0.25, 0.3) is 11.2 Å². The van der Waals surface area contributed by atoms with Gasteiger partial charge < -0.3 is 14.4 Å². The highest BCUT2D eigenvalue weighted by atomic mass is 16.6. The molecule has 0 saturated heterocycles. The fourth-order valence-electron chi connectivity index (χ4n) is 3.76. The second-order valence-electron chi connectivity index (χ2n) is 8.38. The Balaban J connectivity index is 1.66. The standard InChI is InChI=1S/C24H25N7O6/c1-15-7-4-5-10-19(15)37-14-18(32)13-30-20-21(28(2)24(34)29(3)22(20)33)26-23(30)27-25-12-16-8-6-9-17(11-16)31(35)36/h4-12,18,32H,13-14H2,1-3H3,(H,26,27)/b25-12-/t18-/m1/s1. The largest absolute Gasteiger partial charge is 0.491 e. The summed E-state index contributed by atoms with van der Waals surface area (Å²) in [5.74, 6) is 0.708. The summed E-state index contributed by atoms with van der Waals surface area (Å²) in [5, 5.41) is 25.9. The lowest BCUT2D eigenvalue weighted by Gasteiger charge is -2.16. The second-order valence-corrected chi connectivity index (χ2v) is 8.38. The molecular formula is C24H25N7O6. The Morgan fingerprint density at radius 1 is 1.19 bits per heavy atom. The highest BCUT2D eigenvalue weighted by molar-refractivity contribution is 5.81. The number of benzene rings is 2. The van der Waals surface area contributed by atoms with E-state index in [9.17, 15) is 24.8 Å². The number of para-hydroxylation sites is 1. The number of aromatic nitrogens is 4. The first-order valence-electron chi connectivity index (χ1n) is 11.2. The van der Waals surface area contributed by atoms with Crippen LogP contribution >= 0.6 is 0 Å². The lowest BCUT2D eigenvalue weighted by molar-refractivity contribution is -0.384. The number of hydrogen-bond acceptors (Lipinski definition) is 9. The normalized spacial score (nSPS) is 12.2. The number of rotatable bonds is 9. The molecule has 13 heteroatoms. The molecule has 2 aromatic heterocycles. The van der Waals surface area contributed by atoms with Crippen LogP contribution in [0.4, 0.5) is 11.6 Å². The molecule has 192 valence electrons. The number of nitro benzene ring substituents is 1. The number of ether oxygens (including phenoxy) is 1. The van der Waals surface area contributed by atoms with Gasteiger partial charge in [0.05, 0.1) is 17.7 Å². The Hall–Kier alpha value is -4.78. The van der Waals surface area contributed by atoms with E-state index in [1.807, 2.05) is 25.1 Å². The summed E-state index contributed by atoms with van der Waals surface area (Å²) in [7, 11) is 2.84. The Morgan fingerprint density at radius 2 is 1.95 bits per heavy atom. The zero-order chi connectivity index (χ0) is 26.7. The summed E-state index contributed by atoms with van der Waals surface area (Å²) < 4.78 is 9.33. The van der Waals surface area contributed by atoms with Crippen LogP contribution in [0.2, 0.25) is 0 Å². The number of hydrazone groups is 1. The first kappa shape index (κ1) is 25.3. The third kappa shape index (κ3) is 5.26. The number of anilines is 1. The van der Waals surface area contributed by atoms with E-state index in [4.69, 9.17) is 4.74 Å². The summed E-state index contributed by atoms with van der Waals surface area (Å²) in [6.45, 7) is 1.73. The van der Waals surface area contributed by atoms with Gasteiger partial charge in [0.2, 0.25) is 5.95 Å². The molecule has 2 aromatic carbocycles. The Kier molecular flexibility index (Phi) is 7.15. The quantitative estimate of drug-likeness (QED) is 0.196. The topological polar surface area (TPSA) is 159 Å². The van der Waals surface area contributed by atoms with Gasteiger partial charge in [0, 0.05) is 31.8 Å². The molecule has 4 aromatic rings. The van der Waals surface area contributed by atoms with Crippen molar-refractivity contribution in [2.75, 3.05) is 12.0 Å². The molecule has 0 aliphatic heterocycles. The Labute approximate surface area is 210 Å². The molecular weight excluding hydrogens is 482 g/mol. The van der Waals surface area contributed by atoms with Gasteiger partial charge in [-0.25, -0.2) is 10.2 Å². The van der Waals surface area contributed by atoms with Crippen LogP contribution < -0.4 is 21.4 Å². The summed E-state index contributed by atoms with van der Waals surface area (Å²) in [5.41, 5.74) is 3.04. The zero-order valence-electron chi connectivity index (χ0n) is 20.4. The predicted molar refractivity (Wildman–Crippen MR) is 137 cm³/mol. The Bertz CT molecular complexity index is 1620. The second kappa shape index (κ2) is 10.5. The van der Waals surface area contributed by atoms with Gasteiger partial charge in [0.1, 0.15) is 18.5 Å². The maximum atomic E-state index is 13.0. The molecule has 13 nitrogen and oxygen atoms in total. The third-order valence-electron chi connectivity index (χ3n) is 5.73. The number of imidazole rings is 1. The first-order valence-corrected chi connectivity index (χ1v) is 11.2. The van der Waals surface area contributed by atoms with Gasteiger partial charge in [-0.15, -0.1) is 0 Å². The molecule has 0 fully saturated rings. The van der Waals surface area contributed by atoms with Crippen molar-refractivity contribution in [3.8, 4) is 5.75 Å². The van der Waals surface area contributed by atoms with Crippen molar-refractivity contribution in [1.29, 1.82) is 0 Å². The smallest absolute Gasteiger partial charge is 0.332 e. The number of nitrogens with zero attached hydrogens (tertiary/aromatic N) is 6. The van der Waals surface area contributed by atoms with Crippen molar-refractivity contribution in [2.24, 2.45) is 19.2 Å². The summed E-state index contributed by atoms with van der Waals surface area (Å²) in [6, 6.07) is 13.2. The van der Waals surface area contributed by atoms with Crippen molar-refractivity contribution < 1.29 is 14.8 Å². The lowest BCUT2D eigenvalue weighted by atomic mass is 10.2. The van der Waals surface area contributed by atoms with E-state index in [0.29, 0.717) is 11.3 Å². The number of aryl methyl sites for hydroxylation is 2. The molecule has 0 amide bonds. The minimum absolute atomic E-state index is 0.0625. The van der Waals surface area contributed by atoms with Crippen molar-refractivity contribution in [1.82, 2.24) is 18.7 Å². The average molecular weight is 508 g/mol. The van der Waals surface area contributed by atoms with E-state index in [1.165, 1.54) is 47.6 Å². The third-order valence-corrected chi connectivity index (χ3v) is 5.73. The zero-order valence-corrected chi connectivity index (χ0v) is 20.4. The van der Waals surface area contributed by atoms with Crippen LogP contribution in [0.5, 0.6) is 5.75 Å². The molecule has 0 aliphatic carbocycles. The van der Waals surface area contributed by atoms with Crippen LogP contribution in [0.1, 0.15) is 11.1 Å². The van der Waals surface area contributed by atoms with Crippen molar-refractivity contribution in [3.05, 3.63) is 90.6 Å². The maximum absolute atomic E-state index is 13.0. The molecule has 37 heavy (non-hydrogen) atoms. The Morgan fingerprint density at radius 3 is 2.68 bits per heavy atom. The number of non-ortho nitro benzene ring substituents is 1. The number of fused-ring (bicyclic) bond motifs is 1. The van der Waals surface area contributed by atoms with Gasteiger partial charge in [-0.2, -0.15) is 10.1 Å². The van der Waals surface area contributed by atoms with Crippen LogP contribution in [-0.2, 0) is 20.6 Å². The molecule has 0 spiro atoms. The minimum Gasteiger partial charge on any atom is -0.491 e. The highest BCUT2D eigenvalue weighted by Gasteiger charge is 2.21. The number of hydrogen-bond donors (Lipinski definition) is 2. The molecule has 0 aliphatic rings. The lowest BCUT2D eigenvalue weighted by Crippen LogP contribution is -2.38. The van der Waals surface area contributed by atoms with E-state index in [-0.39, 0.29) is 36.0 Å². The molecule has 4 rings (SSSR count). The fraction of sp³-hybridized carbons (Fsp3) is 0.250. The highest BCUT2D eigenvalue weighted by Crippen LogP contribution is 2.19. The van der Waals surface area contributed by atoms with Gasteiger partial charge in [-0.3, -0.25) is 24.0 Å². The minimum atomic E-state index is -1.04. The van der Waals surface area contributed by atoms with Gasteiger partial charge in [-0.1, -0.05) is 30.3 Å². The fourth-order valence-corrected chi connectivity index (χ4v) is 3.76. The molecule has 0 unspecified atom stereocenters. The SMILES string of the molecule is Cc1ccccc1OC[C@H](O)Cn1c(N/N=C\c2cccc([N+](=O)[O-])c2)nc2c1c(=O)n(C)c(=O)n2C. The van der Waals surface area contributed by atoms with Crippen molar-refractivity contribution in [2.45, 2.75) is 19.6 Å². The summed E-state index contributed by atoms with van der Waals surface area (Å²) in [4.78, 5) is 40.3. The van der Waals surface area contributed by atoms with E-state index in [1.54, 1.807) is 12.1 Å². The van der Waals surface area contributed by atoms with Crippen LogP contribution in [-0.4, -0.2) is 47.6 Å². The van der Waals surface area contributed by atoms with Crippen LogP contribution in [0, 0.1) is 17.0 Å². The van der Waals surface area contributed by atoms with Crippen LogP contribution in [0.15, 0.2) is 63.2 Å². The molecule has 0 radical (unpaired) electrons. The molecule has 0 saturated carbocycles. The van der Waals surface area contributed by atoms with Gasteiger partial charge in [-0.05, 0) is 18.6 Å². The van der Waals surface area contributed by atoms with Gasteiger partial charge in [0.15, 0.2) is 11.2 Å². The van der Waals surface area contributed by atoms with E-state index >= 15 is 0 Å². The number of aliphatic hydroxyl groups excluding tert-OH is 1. The van der Waals surface area contributed by atoms with Crippen molar-refractivity contribution in [3.63, 3.8) is 0 Å². The predicted octanol–water partition coefficient (Wildman–Crippen LogP) is 1.54. The summed E-state index contributed by atoms with van der Waals surface area (Å²) >= 11 is 0. The van der Waals surface area contributed by atoms with Crippen LogP contribution in [0.25, 0.3) is 11.2 Å². The summed E-state index contributed by atoms with van der Waals surface area (Å²) in [6.07, 6.45) is 0.311. The number of nitro groups is 1. The van der Waals surface area contributed by atoms with Crippen molar-refractivity contribution >= 4 is 29.0 Å². The molecule has 2 heterocycles. The number of aliphatic hydroxyl groups is 1. The molecule has 2 N–H and O–H groups in total. The van der Waals surface area contributed by atoms with E-state index in [2.05, 4.69) is 15.5 Å². The van der Waals surface area contributed by atoms with E-state index in [0.717, 1.165) is 10.1 Å². The van der Waals surface area contributed by atoms with Crippen LogP contribution in [0.3, 0.4) is 0 Å². The molecule has 0 bridgehead atoms. The first-order chi connectivity index (χ1) is 17.7. The molecule has 1 atom stereocenters. The monoisotopic (exact) mass is 507 g/mol. The average Bonchev–Trinajstić information content (AvgIpc) is 3.24. The maximum Gasteiger partial charge on any atom is 0.332 e. The van der Waals surface area contributed by atoms with E-state index < -0.39 is 22.3 Å².